The van der Waals surface area contributed by atoms with Crippen molar-refractivity contribution < 1.29 is 27.2 Å². The van der Waals surface area contributed by atoms with Crippen molar-refractivity contribution in [1.82, 2.24) is 15.5 Å². The van der Waals surface area contributed by atoms with E-state index < -0.39 is 12.1 Å². The molecule has 0 saturated heterocycles. The first-order chi connectivity index (χ1) is 13.3. The zero-order chi connectivity index (χ0) is 20.1. The monoisotopic (exact) mass is 391 g/mol. The molecule has 0 saturated carbocycles. The number of ether oxygens (including phenoxy) is 1. The number of aromatic nitrogens is 2. The lowest BCUT2D eigenvalue weighted by Gasteiger charge is -2.08. The Morgan fingerprint density at radius 2 is 1.79 bits per heavy atom. The number of hydrogen-bond acceptors (Lipinski definition) is 5. The van der Waals surface area contributed by atoms with Gasteiger partial charge in [0.05, 0.1) is 6.54 Å². The van der Waals surface area contributed by atoms with Gasteiger partial charge in [-0.05, 0) is 31.2 Å². The van der Waals surface area contributed by atoms with Gasteiger partial charge >= 0.3 is 12.1 Å². The summed E-state index contributed by atoms with van der Waals surface area (Å²) in [5.41, 5.74) is 1.77. The Morgan fingerprint density at radius 3 is 2.39 bits per heavy atom. The van der Waals surface area contributed by atoms with Gasteiger partial charge < -0.3 is 14.6 Å². The van der Waals surface area contributed by atoms with Crippen LogP contribution in [0.2, 0.25) is 0 Å². The minimum atomic E-state index is -4.70. The van der Waals surface area contributed by atoms with Crippen molar-refractivity contribution in [2.75, 3.05) is 13.2 Å². The number of rotatable bonds is 6. The molecule has 0 aliphatic carbocycles. The van der Waals surface area contributed by atoms with Crippen molar-refractivity contribution >= 4 is 5.91 Å². The highest BCUT2D eigenvalue weighted by Gasteiger charge is 2.38. The fourth-order valence-corrected chi connectivity index (χ4v) is 2.30. The van der Waals surface area contributed by atoms with Crippen LogP contribution in [0.5, 0.6) is 5.75 Å². The predicted molar refractivity (Wildman–Crippen MR) is 93.7 cm³/mol. The highest BCUT2D eigenvalue weighted by atomic mass is 19.4. The summed E-state index contributed by atoms with van der Waals surface area (Å²) >= 11 is 0. The number of benzene rings is 2. The molecule has 2 aromatic carbocycles. The van der Waals surface area contributed by atoms with E-state index in [4.69, 9.17) is 4.74 Å². The molecule has 1 aromatic heterocycles. The minimum Gasteiger partial charge on any atom is -0.492 e. The van der Waals surface area contributed by atoms with Gasteiger partial charge in [-0.15, -0.1) is 0 Å². The second-order valence-electron chi connectivity index (χ2n) is 5.92. The van der Waals surface area contributed by atoms with Crippen LogP contribution in [0.4, 0.5) is 13.2 Å². The van der Waals surface area contributed by atoms with Crippen LogP contribution in [-0.2, 0) is 6.18 Å². The maximum Gasteiger partial charge on any atom is 0.471 e. The molecule has 0 aliphatic rings. The van der Waals surface area contributed by atoms with E-state index in [1.165, 1.54) is 24.3 Å². The smallest absolute Gasteiger partial charge is 0.471 e. The van der Waals surface area contributed by atoms with E-state index in [1.807, 2.05) is 31.2 Å². The summed E-state index contributed by atoms with van der Waals surface area (Å²) in [6, 6.07) is 13.4. The molecular weight excluding hydrogens is 375 g/mol. The van der Waals surface area contributed by atoms with Crippen molar-refractivity contribution in [2.45, 2.75) is 13.1 Å². The van der Waals surface area contributed by atoms with E-state index in [-0.39, 0.29) is 11.7 Å². The zero-order valence-corrected chi connectivity index (χ0v) is 14.8. The molecule has 0 aliphatic heterocycles. The minimum absolute atomic E-state index is 0.203. The maximum atomic E-state index is 12.5. The largest absolute Gasteiger partial charge is 0.492 e. The second kappa shape index (κ2) is 8.12. The average Bonchev–Trinajstić information content (AvgIpc) is 3.17. The third kappa shape index (κ3) is 4.87. The van der Waals surface area contributed by atoms with E-state index >= 15 is 0 Å². The summed E-state index contributed by atoms with van der Waals surface area (Å²) in [5, 5.41) is 6.00. The van der Waals surface area contributed by atoms with Crippen molar-refractivity contribution in [3.8, 4) is 17.1 Å². The van der Waals surface area contributed by atoms with Crippen molar-refractivity contribution in [2.24, 2.45) is 0 Å². The van der Waals surface area contributed by atoms with Crippen LogP contribution in [-0.4, -0.2) is 29.2 Å². The molecule has 0 spiro atoms. The molecule has 3 rings (SSSR count). The van der Waals surface area contributed by atoms with E-state index in [0.29, 0.717) is 30.0 Å². The molecule has 0 atom stereocenters. The van der Waals surface area contributed by atoms with Crippen molar-refractivity contribution in [3.05, 3.63) is 65.5 Å². The van der Waals surface area contributed by atoms with E-state index in [0.717, 1.165) is 5.56 Å². The number of halogens is 3. The topological polar surface area (TPSA) is 77.2 Å². The van der Waals surface area contributed by atoms with Gasteiger partial charge in [0.2, 0.25) is 5.82 Å². The Labute approximate surface area is 158 Å². The van der Waals surface area contributed by atoms with Gasteiger partial charge in [0.15, 0.2) is 0 Å². The molecule has 0 bridgehead atoms. The molecular formula is C19H16F3N3O3. The third-order valence-electron chi connectivity index (χ3n) is 3.75. The van der Waals surface area contributed by atoms with Gasteiger partial charge in [0.25, 0.3) is 5.91 Å². The van der Waals surface area contributed by atoms with Crippen LogP contribution in [0.15, 0.2) is 53.1 Å². The Bertz CT molecular complexity index is 936. The summed E-state index contributed by atoms with van der Waals surface area (Å²) in [6.45, 7) is 2.58. The first kappa shape index (κ1) is 19.4. The molecule has 1 N–H and O–H groups in total. The number of aryl methyl sites for hydroxylation is 1. The maximum absolute atomic E-state index is 12.5. The molecule has 28 heavy (non-hydrogen) atoms. The summed E-state index contributed by atoms with van der Waals surface area (Å²) in [6.07, 6.45) is -4.70. The van der Waals surface area contributed by atoms with Crippen LogP contribution in [0.3, 0.4) is 0 Å². The Hall–Kier alpha value is -3.36. The normalized spacial score (nSPS) is 11.3. The predicted octanol–water partition coefficient (Wildman–Crippen LogP) is 3.87. The number of carbonyl (C=O) groups is 1. The van der Waals surface area contributed by atoms with Crippen LogP contribution in [0, 0.1) is 6.92 Å². The lowest BCUT2D eigenvalue weighted by atomic mass is 10.1. The average molecular weight is 391 g/mol. The SMILES string of the molecule is Cc1ccc(OCCNC(=O)c2ccc(-c3noc(C(F)(F)F)n3)cc2)cc1. The summed E-state index contributed by atoms with van der Waals surface area (Å²) in [4.78, 5) is 15.4. The molecule has 1 amide bonds. The lowest BCUT2D eigenvalue weighted by Crippen LogP contribution is -2.28. The quantitative estimate of drug-likeness (QED) is 0.646. The molecule has 146 valence electrons. The van der Waals surface area contributed by atoms with Crippen molar-refractivity contribution in [3.63, 3.8) is 0 Å². The number of nitrogens with zero attached hydrogens (tertiary/aromatic N) is 2. The van der Waals surface area contributed by atoms with Gasteiger partial charge in [0, 0.05) is 11.1 Å². The number of carbonyl (C=O) groups excluding carboxylic acids is 1. The summed E-state index contributed by atoms with van der Waals surface area (Å²) in [7, 11) is 0. The number of amides is 1. The molecule has 3 aromatic rings. The van der Waals surface area contributed by atoms with Gasteiger partial charge in [-0.25, -0.2) is 0 Å². The lowest BCUT2D eigenvalue weighted by molar-refractivity contribution is -0.159. The fourth-order valence-electron chi connectivity index (χ4n) is 2.30. The summed E-state index contributed by atoms with van der Waals surface area (Å²) in [5.74, 6) is -1.24. The zero-order valence-electron chi connectivity index (χ0n) is 14.8. The Balaban J connectivity index is 1.52. The number of nitrogens with one attached hydrogen (secondary N) is 1. The third-order valence-corrected chi connectivity index (χ3v) is 3.75. The number of hydrogen-bond donors (Lipinski definition) is 1. The summed E-state index contributed by atoms with van der Waals surface area (Å²) < 4.78 is 47.2. The van der Waals surface area contributed by atoms with Gasteiger partial charge in [0.1, 0.15) is 12.4 Å². The molecule has 6 nitrogen and oxygen atoms in total. The van der Waals surface area contributed by atoms with Crippen molar-refractivity contribution in [1.29, 1.82) is 0 Å². The second-order valence-corrected chi connectivity index (χ2v) is 5.92. The van der Waals surface area contributed by atoms with Crippen LogP contribution < -0.4 is 10.1 Å². The Morgan fingerprint density at radius 1 is 1.11 bits per heavy atom. The first-order valence-corrected chi connectivity index (χ1v) is 8.32. The molecule has 0 unspecified atom stereocenters. The highest BCUT2D eigenvalue weighted by molar-refractivity contribution is 5.94. The number of alkyl halides is 3. The van der Waals surface area contributed by atoms with E-state index in [2.05, 4.69) is 20.0 Å². The first-order valence-electron chi connectivity index (χ1n) is 8.32. The van der Waals surface area contributed by atoms with Crippen LogP contribution in [0.25, 0.3) is 11.4 Å². The van der Waals surface area contributed by atoms with E-state index in [1.54, 1.807) is 0 Å². The van der Waals surface area contributed by atoms with Gasteiger partial charge in [-0.3, -0.25) is 4.79 Å². The molecule has 0 fully saturated rings. The fraction of sp³-hybridized carbons (Fsp3) is 0.211. The Kier molecular flexibility index (Phi) is 5.62. The van der Waals surface area contributed by atoms with E-state index in [9.17, 15) is 18.0 Å². The van der Waals surface area contributed by atoms with Crippen LogP contribution in [0.1, 0.15) is 21.8 Å². The highest BCUT2D eigenvalue weighted by Crippen LogP contribution is 2.29. The van der Waals surface area contributed by atoms with Gasteiger partial charge in [-0.1, -0.05) is 35.0 Å². The molecule has 9 heteroatoms. The van der Waals surface area contributed by atoms with Gasteiger partial charge in [-0.2, -0.15) is 18.2 Å². The molecule has 1 heterocycles. The standard InChI is InChI=1S/C19H16F3N3O3/c1-12-2-8-15(9-3-12)27-11-10-23-17(26)14-6-4-13(5-7-14)16-24-18(28-25-16)19(20,21)22/h2-9H,10-11H2,1H3,(H,23,26). The van der Waals surface area contributed by atoms with Crippen LogP contribution >= 0.6 is 0 Å². The molecule has 0 radical (unpaired) electrons.